The lowest BCUT2D eigenvalue weighted by atomic mass is 9.89. The topological polar surface area (TPSA) is 59.0 Å². The summed E-state index contributed by atoms with van der Waals surface area (Å²) in [4.78, 5) is 0. The fourth-order valence-corrected chi connectivity index (χ4v) is 2.28. The molecule has 1 aromatic carbocycles. The quantitative estimate of drug-likeness (QED) is 0.768. The van der Waals surface area contributed by atoms with Gasteiger partial charge in [-0.25, -0.2) is 0 Å². The van der Waals surface area contributed by atoms with E-state index in [4.69, 9.17) is 15.7 Å². The van der Waals surface area contributed by atoms with Crippen LogP contribution in [-0.4, -0.2) is 6.61 Å². The minimum atomic E-state index is -0.228. The standard InChI is InChI=1S/C17H26N2O/c1-13-9-15(11-18)10-14(2)16(13)20-8-6-5-7-17(3,4)12-19/h9-10H,5-8,11,18H2,1-4H3. The predicted octanol–water partition coefficient (Wildman–Crippen LogP) is 3.86. The largest absolute Gasteiger partial charge is 0.493 e. The summed E-state index contributed by atoms with van der Waals surface area (Å²) >= 11 is 0. The smallest absolute Gasteiger partial charge is 0.125 e. The Balaban J connectivity index is 2.45. The van der Waals surface area contributed by atoms with Crippen LogP contribution in [0, 0.1) is 30.6 Å². The van der Waals surface area contributed by atoms with E-state index < -0.39 is 0 Å². The molecule has 0 aliphatic carbocycles. The van der Waals surface area contributed by atoms with E-state index in [-0.39, 0.29) is 5.41 Å². The second kappa shape index (κ2) is 7.31. The average molecular weight is 274 g/mol. The molecule has 0 fully saturated rings. The van der Waals surface area contributed by atoms with Crippen LogP contribution in [0.3, 0.4) is 0 Å². The first-order valence-corrected chi connectivity index (χ1v) is 7.24. The van der Waals surface area contributed by atoms with Crippen molar-refractivity contribution in [3.05, 3.63) is 28.8 Å². The summed E-state index contributed by atoms with van der Waals surface area (Å²) in [5.74, 6) is 0.974. The van der Waals surface area contributed by atoms with E-state index in [9.17, 15) is 0 Å². The Morgan fingerprint density at radius 1 is 1.20 bits per heavy atom. The Labute approximate surface area is 122 Å². The minimum Gasteiger partial charge on any atom is -0.493 e. The predicted molar refractivity (Wildman–Crippen MR) is 82.5 cm³/mol. The van der Waals surface area contributed by atoms with Crippen molar-refractivity contribution in [2.24, 2.45) is 11.1 Å². The summed E-state index contributed by atoms with van der Waals surface area (Å²) in [5, 5.41) is 8.96. The van der Waals surface area contributed by atoms with Crippen LogP contribution in [0.15, 0.2) is 12.1 Å². The molecule has 0 aromatic heterocycles. The molecule has 0 bridgehead atoms. The summed E-state index contributed by atoms with van der Waals surface area (Å²) in [6.45, 7) is 9.33. The van der Waals surface area contributed by atoms with Gasteiger partial charge in [-0.2, -0.15) is 5.26 Å². The monoisotopic (exact) mass is 274 g/mol. The zero-order valence-corrected chi connectivity index (χ0v) is 13.1. The number of aryl methyl sites for hydroxylation is 2. The molecule has 0 atom stereocenters. The molecule has 0 saturated carbocycles. The Hall–Kier alpha value is -1.53. The summed E-state index contributed by atoms with van der Waals surface area (Å²) < 4.78 is 5.89. The first-order chi connectivity index (χ1) is 9.39. The highest BCUT2D eigenvalue weighted by molar-refractivity contribution is 5.43. The first kappa shape index (κ1) is 16.5. The van der Waals surface area contributed by atoms with E-state index in [2.05, 4.69) is 32.0 Å². The minimum absolute atomic E-state index is 0.228. The van der Waals surface area contributed by atoms with Gasteiger partial charge in [0.1, 0.15) is 5.75 Å². The molecule has 0 aliphatic heterocycles. The van der Waals surface area contributed by atoms with Crippen LogP contribution in [0.4, 0.5) is 0 Å². The molecule has 0 saturated heterocycles. The molecule has 0 spiro atoms. The van der Waals surface area contributed by atoms with E-state index in [0.29, 0.717) is 13.2 Å². The van der Waals surface area contributed by atoms with Crippen LogP contribution < -0.4 is 10.5 Å². The van der Waals surface area contributed by atoms with E-state index in [1.54, 1.807) is 0 Å². The normalized spacial score (nSPS) is 11.2. The maximum absolute atomic E-state index is 8.96. The first-order valence-electron chi connectivity index (χ1n) is 7.24. The number of nitrogens with zero attached hydrogens (tertiary/aromatic N) is 1. The van der Waals surface area contributed by atoms with Crippen molar-refractivity contribution in [1.82, 2.24) is 0 Å². The molecule has 2 N–H and O–H groups in total. The molecule has 0 amide bonds. The van der Waals surface area contributed by atoms with Crippen molar-refractivity contribution in [2.75, 3.05) is 6.61 Å². The van der Waals surface area contributed by atoms with Gasteiger partial charge in [0.15, 0.2) is 0 Å². The summed E-state index contributed by atoms with van der Waals surface area (Å²) in [6, 6.07) is 6.50. The fraction of sp³-hybridized carbons (Fsp3) is 0.588. The van der Waals surface area contributed by atoms with Crippen molar-refractivity contribution < 1.29 is 4.74 Å². The van der Waals surface area contributed by atoms with Crippen molar-refractivity contribution >= 4 is 0 Å². The Kier molecular flexibility index (Phi) is 6.04. The molecule has 0 aliphatic rings. The highest BCUT2D eigenvalue weighted by Gasteiger charge is 2.15. The van der Waals surface area contributed by atoms with Crippen LogP contribution in [0.2, 0.25) is 0 Å². The summed E-state index contributed by atoms with van der Waals surface area (Å²) in [6.07, 6.45) is 2.90. The van der Waals surface area contributed by atoms with Crippen LogP contribution in [-0.2, 0) is 6.54 Å². The van der Waals surface area contributed by atoms with Gasteiger partial charge in [-0.1, -0.05) is 12.1 Å². The molecule has 3 heteroatoms. The summed E-state index contributed by atoms with van der Waals surface area (Å²) in [7, 11) is 0. The zero-order chi connectivity index (χ0) is 15.2. The molecule has 0 unspecified atom stereocenters. The zero-order valence-electron chi connectivity index (χ0n) is 13.1. The van der Waals surface area contributed by atoms with Gasteiger partial charge in [-0.15, -0.1) is 0 Å². The molecule has 20 heavy (non-hydrogen) atoms. The van der Waals surface area contributed by atoms with Crippen molar-refractivity contribution in [1.29, 1.82) is 5.26 Å². The molecule has 1 aromatic rings. The summed E-state index contributed by atoms with van der Waals surface area (Å²) in [5.41, 5.74) is 8.86. The van der Waals surface area contributed by atoms with E-state index >= 15 is 0 Å². The number of nitriles is 1. The Morgan fingerprint density at radius 2 is 1.80 bits per heavy atom. The lowest BCUT2D eigenvalue weighted by Gasteiger charge is -2.16. The highest BCUT2D eigenvalue weighted by Crippen LogP contribution is 2.26. The van der Waals surface area contributed by atoms with Crippen LogP contribution >= 0.6 is 0 Å². The maximum atomic E-state index is 8.96. The Morgan fingerprint density at radius 3 is 2.30 bits per heavy atom. The number of rotatable bonds is 7. The SMILES string of the molecule is Cc1cc(CN)cc(C)c1OCCCCC(C)(C)C#N. The number of nitrogens with two attached hydrogens (primary N) is 1. The van der Waals surface area contributed by atoms with E-state index in [1.807, 2.05) is 13.8 Å². The molecule has 110 valence electrons. The van der Waals surface area contributed by atoms with Gasteiger partial charge in [0, 0.05) is 6.54 Å². The Bertz CT molecular complexity index is 463. The molecule has 0 heterocycles. The van der Waals surface area contributed by atoms with E-state index in [1.165, 1.54) is 0 Å². The number of ether oxygens (including phenoxy) is 1. The number of benzene rings is 1. The van der Waals surface area contributed by atoms with Gasteiger partial charge in [0.2, 0.25) is 0 Å². The molecule has 0 radical (unpaired) electrons. The third-order valence-corrected chi connectivity index (χ3v) is 3.50. The number of hydrogen-bond donors (Lipinski definition) is 1. The number of unbranched alkanes of at least 4 members (excludes halogenated alkanes) is 1. The average Bonchev–Trinajstić information content (AvgIpc) is 2.40. The van der Waals surface area contributed by atoms with Gasteiger partial charge in [0.25, 0.3) is 0 Å². The third kappa shape index (κ3) is 4.86. The van der Waals surface area contributed by atoms with Crippen LogP contribution in [0.5, 0.6) is 5.75 Å². The third-order valence-electron chi connectivity index (χ3n) is 3.50. The second-order valence-electron chi connectivity index (χ2n) is 6.06. The lowest BCUT2D eigenvalue weighted by Crippen LogP contribution is -2.09. The highest BCUT2D eigenvalue weighted by atomic mass is 16.5. The maximum Gasteiger partial charge on any atom is 0.125 e. The molecule has 3 nitrogen and oxygen atoms in total. The van der Waals surface area contributed by atoms with Gasteiger partial charge in [0.05, 0.1) is 18.1 Å². The van der Waals surface area contributed by atoms with Gasteiger partial charge >= 0.3 is 0 Å². The second-order valence-corrected chi connectivity index (χ2v) is 6.06. The molecular formula is C17H26N2O. The van der Waals surface area contributed by atoms with Crippen LogP contribution in [0.1, 0.15) is 49.8 Å². The van der Waals surface area contributed by atoms with Crippen LogP contribution in [0.25, 0.3) is 0 Å². The fourth-order valence-electron chi connectivity index (χ4n) is 2.28. The molecular weight excluding hydrogens is 248 g/mol. The van der Waals surface area contributed by atoms with Gasteiger partial charge in [-0.05, 0) is 63.6 Å². The van der Waals surface area contributed by atoms with Crippen molar-refractivity contribution in [2.45, 2.75) is 53.5 Å². The van der Waals surface area contributed by atoms with Crippen molar-refractivity contribution in [3.63, 3.8) is 0 Å². The van der Waals surface area contributed by atoms with Crippen molar-refractivity contribution in [3.8, 4) is 11.8 Å². The van der Waals surface area contributed by atoms with Gasteiger partial charge in [-0.3, -0.25) is 0 Å². The van der Waals surface area contributed by atoms with Gasteiger partial charge < -0.3 is 10.5 Å². The molecule has 1 rings (SSSR count). The number of hydrogen-bond acceptors (Lipinski definition) is 3. The lowest BCUT2D eigenvalue weighted by molar-refractivity contribution is 0.291. The van der Waals surface area contributed by atoms with E-state index in [0.717, 1.165) is 41.7 Å².